The Morgan fingerprint density at radius 2 is 1.86 bits per heavy atom. The fourth-order valence-corrected chi connectivity index (χ4v) is 4.92. The lowest BCUT2D eigenvalue weighted by atomic mass is 9.82. The maximum absolute atomic E-state index is 12.9. The van der Waals surface area contributed by atoms with Gasteiger partial charge >= 0.3 is 0 Å². The van der Waals surface area contributed by atoms with Gasteiger partial charge in [0.25, 0.3) is 6.43 Å². The molecule has 2 radical (unpaired) electrons. The third kappa shape index (κ3) is 5.28. The number of nitrogens with two attached hydrogens (primary N) is 2. The van der Waals surface area contributed by atoms with Crippen LogP contribution in [0.5, 0.6) is 0 Å². The molecule has 1 fully saturated rings. The molecule has 0 unspecified atom stereocenters. The van der Waals surface area contributed by atoms with Crippen LogP contribution >= 0.6 is 0 Å². The van der Waals surface area contributed by atoms with Gasteiger partial charge in [0.05, 0.1) is 17.8 Å². The third-order valence-electron chi connectivity index (χ3n) is 6.56. The van der Waals surface area contributed by atoms with E-state index in [4.69, 9.17) is 19.3 Å². The minimum absolute atomic E-state index is 0.0158. The van der Waals surface area contributed by atoms with Crippen molar-refractivity contribution in [2.45, 2.75) is 77.4 Å². The second kappa shape index (κ2) is 10.4. The van der Waals surface area contributed by atoms with Gasteiger partial charge < -0.3 is 21.1 Å². The first-order valence-corrected chi connectivity index (χ1v) is 12.2. The lowest BCUT2D eigenvalue weighted by molar-refractivity contribution is -0.00427. The predicted octanol–water partition coefficient (Wildman–Crippen LogP) is 3.15. The van der Waals surface area contributed by atoms with Gasteiger partial charge in [0, 0.05) is 5.56 Å². The van der Waals surface area contributed by atoms with Crippen LogP contribution in [0.4, 0.5) is 20.5 Å². The zero-order valence-corrected chi connectivity index (χ0v) is 20.6. The highest BCUT2D eigenvalue weighted by Crippen LogP contribution is 2.31. The van der Waals surface area contributed by atoms with Crippen LogP contribution in [0.3, 0.4) is 0 Å². The summed E-state index contributed by atoms with van der Waals surface area (Å²) in [5, 5.41) is 13.9. The van der Waals surface area contributed by atoms with Gasteiger partial charge in [-0.25, -0.2) is 23.3 Å². The largest absolute Gasteiger partial charge is 0.390 e. The molecule has 4 aromatic rings. The van der Waals surface area contributed by atoms with E-state index in [1.54, 1.807) is 25.1 Å². The molecule has 36 heavy (non-hydrogen) atoms. The molecule has 0 bridgehead atoms. The number of hydrogen-bond donors (Lipinski definition) is 3. The first-order valence-electron chi connectivity index (χ1n) is 12.2. The number of aliphatic hydroxyl groups is 1. The highest BCUT2D eigenvalue weighted by Gasteiger charge is 2.27. The summed E-state index contributed by atoms with van der Waals surface area (Å²) < 4.78 is 28.5. The summed E-state index contributed by atoms with van der Waals surface area (Å²) in [7, 11) is 5.98. The number of nitrogen functional groups attached to an aromatic ring is 2. The second-order valence-electron chi connectivity index (χ2n) is 9.33. The van der Waals surface area contributed by atoms with Gasteiger partial charge in [-0.05, 0) is 50.0 Å². The molecule has 12 heteroatoms. The summed E-state index contributed by atoms with van der Waals surface area (Å²) in [5.41, 5.74) is 14.0. The average Bonchev–Trinajstić information content (AvgIpc) is 3.30. The molecule has 1 saturated carbocycles. The predicted molar refractivity (Wildman–Crippen MR) is 137 cm³/mol. The van der Waals surface area contributed by atoms with Crippen molar-refractivity contribution in [1.82, 2.24) is 29.1 Å². The summed E-state index contributed by atoms with van der Waals surface area (Å²) in [6, 6.07) is 5.06. The zero-order valence-electron chi connectivity index (χ0n) is 20.6. The highest BCUT2D eigenvalue weighted by atomic mass is 19.3. The van der Waals surface area contributed by atoms with Gasteiger partial charge in [-0.3, -0.25) is 0 Å². The molecule has 0 saturated heterocycles. The van der Waals surface area contributed by atoms with Crippen LogP contribution in [-0.2, 0) is 6.54 Å². The summed E-state index contributed by atoms with van der Waals surface area (Å²) in [4.78, 5) is 12.7. The normalized spacial score (nSPS) is 15.4. The van der Waals surface area contributed by atoms with E-state index in [-0.39, 0.29) is 17.4 Å². The molecule has 190 valence electrons. The van der Waals surface area contributed by atoms with Crippen LogP contribution in [0.2, 0.25) is 0 Å². The molecule has 0 aliphatic heterocycles. The number of alkyl halides is 2. The average molecular weight is 496 g/mol. The number of anilines is 2. The van der Waals surface area contributed by atoms with Gasteiger partial charge in [0.15, 0.2) is 11.5 Å². The molecule has 0 amide bonds. The van der Waals surface area contributed by atoms with E-state index in [0.717, 1.165) is 25.7 Å². The number of fused-ring (bicyclic) bond motifs is 2. The van der Waals surface area contributed by atoms with Crippen molar-refractivity contribution in [2.24, 2.45) is 0 Å². The Morgan fingerprint density at radius 1 is 1.14 bits per heavy atom. The van der Waals surface area contributed by atoms with E-state index in [1.165, 1.54) is 28.3 Å². The Labute approximate surface area is 209 Å². The summed E-state index contributed by atoms with van der Waals surface area (Å²) in [6.45, 7) is 3.32. The standard InChI is InChI=1S/C15H13BF2N8.C9H18O/c1-6-21-9-3-2-8(22-14(9)25(6)5-11(17)18)7-4-10(16)26-12(7)13(19)23-15(20)24-26;1-2-6-9(10)7-4-3-5-8-9/h2-4,11H,5H2,1H3,(H4,19,20,23,24);10H,2-8H2,1H3. The highest BCUT2D eigenvalue weighted by molar-refractivity contribution is 6.32. The number of halogens is 2. The third-order valence-corrected chi connectivity index (χ3v) is 6.56. The van der Waals surface area contributed by atoms with E-state index in [1.807, 2.05) is 0 Å². The topological polar surface area (TPSA) is 133 Å². The number of rotatable bonds is 5. The van der Waals surface area contributed by atoms with Crippen molar-refractivity contribution < 1.29 is 13.9 Å². The number of nitrogens with zero attached hydrogens (tertiary/aromatic N) is 6. The number of aromatic nitrogens is 6. The lowest BCUT2D eigenvalue weighted by Crippen LogP contribution is -2.30. The SMILES string of the molecule is CCCC1(O)CCCCC1.[B]c1cc(-c2ccc3nc(C)n(CC(F)F)c3n2)c2c(N)nc(N)nn12. The van der Waals surface area contributed by atoms with Crippen LogP contribution < -0.4 is 17.1 Å². The van der Waals surface area contributed by atoms with Crippen LogP contribution in [0.1, 0.15) is 57.7 Å². The summed E-state index contributed by atoms with van der Waals surface area (Å²) >= 11 is 0. The number of pyridine rings is 1. The van der Waals surface area contributed by atoms with E-state index < -0.39 is 13.0 Å². The van der Waals surface area contributed by atoms with Gasteiger partial charge in [0.1, 0.15) is 24.7 Å². The summed E-state index contributed by atoms with van der Waals surface area (Å²) in [5.74, 6) is 0.586. The quantitative estimate of drug-likeness (QED) is 0.362. The van der Waals surface area contributed by atoms with Crippen molar-refractivity contribution in [3.05, 3.63) is 24.0 Å². The van der Waals surface area contributed by atoms with Crippen LogP contribution in [0.25, 0.3) is 27.9 Å². The van der Waals surface area contributed by atoms with Crippen molar-refractivity contribution in [3.8, 4) is 11.3 Å². The zero-order chi connectivity index (χ0) is 26.0. The Hall–Kier alpha value is -3.28. The van der Waals surface area contributed by atoms with Crippen molar-refractivity contribution >= 4 is 41.9 Å². The fourth-order valence-electron chi connectivity index (χ4n) is 4.92. The van der Waals surface area contributed by atoms with E-state index in [2.05, 4.69) is 27.0 Å². The molecule has 4 aromatic heterocycles. The van der Waals surface area contributed by atoms with Crippen molar-refractivity contribution in [1.29, 1.82) is 0 Å². The van der Waals surface area contributed by atoms with Crippen molar-refractivity contribution in [2.75, 3.05) is 11.5 Å². The maximum atomic E-state index is 12.9. The van der Waals surface area contributed by atoms with Gasteiger partial charge in [-0.1, -0.05) is 32.6 Å². The molecule has 9 nitrogen and oxygen atoms in total. The smallest absolute Gasteiger partial charge is 0.256 e. The molecule has 1 aliphatic carbocycles. The maximum Gasteiger partial charge on any atom is 0.256 e. The monoisotopic (exact) mass is 496 g/mol. The molecule has 0 atom stereocenters. The molecular weight excluding hydrogens is 465 g/mol. The first kappa shape index (κ1) is 25.8. The van der Waals surface area contributed by atoms with Gasteiger partial charge in [-0.2, -0.15) is 4.98 Å². The molecule has 5 N–H and O–H groups in total. The molecule has 0 spiro atoms. The molecule has 5 rings (SSSR count). The molecular formula is C24H31BF2N8O. The van der Waals surface area contributed by atoms with Gasteiger partial charge in [0.2, 0.25) is 5.95 Å². The number of aryl methyl sites for hydroxylation is 1. The number of hydrogen-bond acceptors (Lipinski definition) is 7. The Morgan fingerprint density at radius 3 is 2.53 bits per heavy atom. The lowest BCUT2D eigenvalue weighted by Gasteiger charge is -2.31. The fraction of sp³-hybridized carbons (Fsp3) is 0.500. The Balaban J connectivity index is 0.000000256. The molecule has 4 heterocycles. The van der Waals surface area contributed by atoms with Crippen LogP contribution in [0.15, 0.2) is 18.2 Å². The van der Waals surface area contributed by atoms with Crippen molar-refractivity contribution in [3.63, 3.8) is 0 Å². The summed E-state index contributed by atoms with van der Waals surface area (Å²) in [6.07, 6.45) is 5.49. The van der Waals surface area contributed by atoms with E-state index >= 15 is 0 Å². The Kier molecular flexibility index (Phi) is 7.44. The minimum atomic E-state index is -2.52. The van der Waals surface area contributed by atoms with E-state index in [9.17, 15) is 13.9 Å². The second-order valence-corrected chi connectivity index (χ2v) is 9.33. The van der Waals surface area contributed by atoms with Crippen LogP contribution in [0, 0.1) is 6.92 Å². The van der Waals surface area contributed by atoms with E-state index in [0.29, 0.717) is 39.4 Å². The first-order chi connectivity index (χ1) is 17.1. The molecule has 1 aliphatic rings. The van der Waals surface area contributed by atoms with Crippen LogP contribution in [-0.4, -0.2) is 54.1 Å². The molecule has 0 aromatic carbocycles. The Bertz CT molecular complexity index is 1360. The minimum Gasteiger partial charge on any atom is -0.390 e. The van der Waals surface area contributed by atoms with Gasteiger partial charge in [-0.15, -0.1) is 5.10 Å². The number of imidazole rings is 1.